The zero-order valence-electron chi connectivity index (χ0n) is 9.23. The van der Waals surface area contributed by atoms with Gasteiger partial charge in [0.25, 0.3) is 0 Å². The van der Waals surface area contributed by atoms with Gasteiger partial charge < -0.3 is 0 Å². The molecule has 0 aliphatic rings. The van der Waals surface area contributed by atoms with Crippen LogP contribution in [-0.2, 0) is 0 Å². The fourth-order valence-corrected chi connectivity index (χ4v) is 1.82. The van der Waals surface area contributed by atoms with Crippen LogP contribution in [0.3, 0.4) is 0 Å². The Morgan fingerprint density at radius 3 is 2.06 bits per heavy atom. The maximum absolute atomic E-state index is 3.36. The van der Waals surface area contributed by atoms with E-state index in [9.17, 15) is 0 Å². The van der Waals surface area contributed by atoms with Crippen molar-refractivity contribution >= 4 is 21.5 Å². The van der Waals surface area contributed by atoms with E-state index in [1.54, 1.807) is 0 Å². The highest BCUT2D eigenvalue weighted by atomic mass is 79.9. The lowest BCUT2D eigenvalue weighted by atomic mass is 10.1. The smallest absolute Gasteiger partial charge is 0.0390 e. The quantitative estimate of drug-likeness (QED) is 0.677. The summed E-state index contributed by atoms with van der Waals surface area (Å²) in [6.45, 7) is 0. The van der Waals surface area contributed by atoms with Crippen molar-refractivity contribution in [1.82, 2.24) is 0 Å². The van der Waals surface area contributed by atoms with Crippen LogP contribution in [0.1, 0.15) is 11.1 Å². The van der Waals surface area contributed by atoms with Crippen LogP contribution < -0.4 is 0 Å². The highest BCUT2D eigenvalue weighted by Gasteiger charge is 1.95. The van der Waals surface area contributed by atoms with Crippen molar-refractivity contribution in [1.29, 1.82) is 0 Å². The highest BCUT2D eigenvalue weighted by molar-refractivity contribution is 9.11. The Morgan fingerprint density at radius 2 is 1.47 bits per heavy atom. The van der Waals surface area contributed by atoms with Crippen molar-refractivity contribution in [3.8, 4) is 11.8 Å². The molecule has 0 amide bonds. The van der Waals surface area contributed by atoms with Gasteiger partial charge in [-0.1, -0.05) is 76.3 Å². The number of rotatable bonds is 1. The summed E-state index contributed by atoms with van der Waals surface area (Å²) in [5.41, 5.74) is 3.12. The molecule has 0 nitrogen and oxygen atoms in total. The molecule has 0 unspecified atom stereocenters. The van der Waals surface area contributed by atoms with Crippen LogP contribution in [0.5, 0.6) is 0 Å². The molecule has 0 aliphatic heterocycles. The highest BCUT2D eigenvalue weighted by Crippen LogP contribution is 2.14. The van der Waals surface area contributed by atoms with Crippen LogP contribution in [0.4, 0.5) is 0 Å². The summed E-state index contributed by atoms with van der Waals surface area (Å²) in [5.74, 6) is 6.31. The maximum Gasteiger partial charge on any atom is 0.0390 e. The molecule has 82 valence electrons. The van der Waals surface area contributed by atoms with Crippen molar-refractivity contribution < 1.29 is 0 Å². The molecule has 0 aromatic heterocycles. The molecule has 0 bridgehead atoms. The molecule has 17 heavy (non-hydrogen) atoms. The van der Waals surface area contributed by atoms with Crippen LogP contribution in [-0.4, -0.2) is 0 Å². The molecule has 0 saturated carbocycles. The van der Waals surface area contributed by atoms with Gasteiger partial charge in [0.15, 0.2) is 0 Å². The fourth-order valence-electron chi connectivity index (χ4n) is 1.44. The molecule has 0 heterocycles. The summed E-state index contributed by atoms with van der Waals surface area (Å²) in [6, 6.07) is 20.1. The van der Waals surface area contributed by atoms with Gasteiger partial charge in [0, 0.05) is 11.1 Å². The molecular formula is C16H11Br. The first kappa shape index (κ1) is 11.7. The molecule has 1 heteroatoms. The standard InChI is InChI=1S/C16H11Br/c17-13-16(15-9-5-2-6-10-15)12-11-14-7-3-1-4-8-14/h1-10,13H/b16-13+. The first-order chi connectivity index (χ1) is 8.40. The topological polar surface area (TPSA) is 0 Å². The van der Waals surface area contributed by atoms with Crippen LogP contribution in [0.25, 0.3) is 5.57 Å². The van der Waals surface area contributed by atoms with Gasteiger partial charge in [-0.3, -0.25) is 0 Å². The van der Waals surface area contributed by atoms with Crippen LogP contribution >= 0.6 is 15.9 Å². The van der Waals surface area contributed by atoms with Crippen molar-refractivity contribution in [2.75, 3.05) is 0 Å². The van der Waals surface area contributed by atoms with Gasteiger partial charge >= 0.3 is 0 Å². The van der Waals surface area contributed by atoms with Gasteiger partial charge in [0.2, 0.25) is 0 Å². The minimum absolute atomic E-state index is 0.981. The fraction of sp³-hybridized carbons (Fsp3) is 0. The molecule has 0 spiro atoms. The minimum atomic E-state index is 0.981. The first-order valence-corrected chi connectivity index (χ1v) is 6.24. The molecule has 0 N–H and O–H groups in total. The molecule has 0 radical (unpaired) electrons. The van der Waals surface area contributed by atoms with Crippen molar-refractivity contribution in [3.63, 3.8) is 0 Å². The van der Waals surface area contributed by atoms with Gasteiger partial charge in [-0.2, -0.15) is 0 Å². The lowest BCUT2D eigenvalue weighted by Crippen LogP contribution is -1.79. The third-order valence-corrected chi connectivity index (χ3v) is 2.77. The van der Waals surface area contributed by atoms with Crippen LogP contribution in [0.15, 0.2) is 65.6 Å². The Balaban J connectivity index is 2.27. The minimum Gasteiger partial charge on any atom is -0.0622 e. The average molecular weight is 283 g/mol. The van der Waals surface area contributed by atoms with Crippen LogP contribution in [0, 0.1) is 11.8 Å². The Hall–Kier alpha value is -1.78. The zero-order chi connectivity index (χ0) is 11.9. The third-order valence-electron chi connectivity index (χ3n) is 2.31. The first-order valence-electron chi connectivity index (χ1n) is 5.33. The van der Waals surface area contributed by atoms with E-state index < -0.39 is 0 Å². The van der Waals surface area contributed by atoms with E-state index in [-0.39, 0.29) is 0 Å². The van der Waals surface area contributed by atoms with Crippen molar-refractivity contribution in [2.24, 2.45) is 0 Å². The summed E-state index contributed by atoms with van der Waals surface area (Å²) in [7, 11) is 0. The SMILES string of the molecule is Br/C=C(\C#Cc1ccccc1)c1ccccc1. The molecule has 2 rings (SSSR count). The predicted octanol–water partition coefficient (Wildman–Crippen LogP) is 4.47. The second-order valence-electron chi connectivity index (χ2n) is 3.50. The number of benzene rings is 2. The van der Waals surface area contributed by atoms with Gasteiger partial charge in [0.05, 0.1) is 0 Å². The molecule has 0 fully saturated rings. The summed E-state index contributed by atoms with van der Waals surface area (Å²) < 4.78 is 0. The number of allylic oxidation sites excluding steroid dienone is 1. The monoisotopic (exact) mass is 282 g/mol. The van der Waals surface area contributed by atoms with Gasteiger partial charge in [-0.05, 0) is 22.7 Å². The lowest BCUT2D eigenvalue weighted by molar-refractivity contribution is 1.63. The van der Waals surface area contributed by atoms with Crippen molar-refractivity contribution in [3.05, 3.63) is 76.8 Å². The van der Waals surface area contributed by atoms with E-state index in [2.05, 4.69) is 27.8 Å². The molecule has 2 aromatic rings. The summed E-state index contributed by atoms with van der Waals surface area (Å²) in [4.78, 5) is 1.86. The van der Waals surface area contributed by atoms with E-state index in [1.165, 1.54) is 0 Å². The molecular weight excluding hydrogens is 272 g/mol. The van der Waals surface area contributed by atoms with E-state index in [0.29, 0.717) is 0 Å². The molecule has 0 saturated heterocycles. The van der Waals surface area contributed by atoms with E-state index in [4.69, 9.17) is 0 Å². The zero-order valence-corrected chi connectivity index (χ0v) is 10.8. The molecule has 0 aliphatic carbocycles. The predicted molar refractivity (Wildman–Crippen MR) is 76.7 cm³/mol. The van der Waals surface area contributed by atoms with Crippen LogP contribution in [0.2, 0.25) is 0 Å². The average Bonchev–Trinajstić information content (AvgIpc) is 2.42. The molecule has 0 atom stereocenters. The third kappa shape index (κ3) is 3.34. The number of halogens is 1. The summed E-state index contributed by atoms with van der Waals surface area (Å²) >= 11 is 3.36. The molecule has 2 aromatic carbocycles. The van der Waals surface area contributed by atoms with E-state index in [1.807, 2.05) is 65.6 Å². The van der Waals surface area contributed by atoms with Crippen molar-refractivity contribution in [2.45, 2.75) is 0 Å². The second-order valence-corrected chi connectivity index (χ2v) is 3.96. The van der Waals surface area contributed by atoms with E-state index in [0.717, 1.165) is 16.7 Å². The Kier molecular flexibility index (Phi) is 4.18. The second kappa shape index (κ2) is 6.08. The van der Waals surface area contributed by atoms with Gasteiger partial charge in [-0.15, -0.1) is 0 Å². The lowest BCUT2D eigenvalue weighted by Gasteiger charge is -1.97. The Labute approximate surface area is 110 Å². The van der Waals surface area contributed by atoms with E-state index >= 15 is 0 Å². The normalized spacial score (nSPS) is 10.5. The maximum atomic E-state index is 3.36. The number of hydrogen-bond acceptors (Lipinski definition) is 0. The van der Waals surface area contributed by atoms with Gasteiger partial charge in [0.1, 0.15) is 0 Å². The summed E-state index contributed by atoms with van der Waals surface area (Å²) in [6.07, 6.45) is 0. The van der Waals surface area contributed by atoms with Gasteiger partial charge in [-0.25, -0.2) is 0 Å². The number of hydrogen-bond donors (Lipinski definition) is 0. The summed E-state index contributed by atoms with van der Waals surface area (Å²) in [5, 5.41) is 0. The Morgan fingerprint density at radius 1 is 0.882 bits per heavy atom. The largest absolute Gasteiger partial charge is 0.0622 e. The Bertz CT molecular complexity index is 557.